The van der Waals surface area contributed by atoms with E-state index in [-0.39, 0.29) is 39.4 Å². The number of aliphatic hydroxyl groups excluding tert-OH is 4. The maximum absolute atomic E-state index is 11.5. The topological polar surface area (TPSA) is 386 Å². The number of ether oxygens (including phenoxy) is 2. The highest BCUT2D eigenvalue weighted by Crippen LogP contribution is 2.24. The third-order valence-electron chi connectivity index (χ3n) is 5.03. The molecule has 23 nitrogen and oxygen atoms in total. The SMILES string of the molecule is Nc1nc[n+]([C@H]2CC(O)[C@@H](CO)O2)c(=O)[nH]1.Nc1nc[n+]([C@H]2CC(O)[C@@H](CO)O2)c(=O)[nH]1.O=S([O-])[O-].O=[P+]([O-])O[O-].[HH]. The minimum absolute atomic E-state index is 0. The summed E-state index contributed by atoms with van der Waals surface area (Å²) in [7, 11) is -3.15. The highest BCUT2D eigenvalue weighted by atomic mass is 32.2. The van der Waals surface area contributed by atoms with Crippen LogP contribution in [-0.2, 0) is 30.1 Å². The van der Waals surface area contributed by atoms with E-state index in [1.54, 1.807) is 0 Å². The molecule has 41 heavy (non-hydrogen) atoms. The minimum Gasteiger partial charge on any atom is -0.784 e. The lowest BCUT2D eigenvalue weighted by molar-refractivity contribution is -0.776. The van der Waals surface area contributed by atoms with Gasteiger partial charge in [-0.2, -0.15) is 19.1 Å². The van der Waals surface area contributed by atoms with Crippen molar-refractivity contribution in [3.05, 3.63) is 33.6 Å². The van der Waals surface area contributed by atoms with Crippen LogP contribution in [0.1, 0.15) is 26.7 Å². The molecule has 234 valence electrons. The first kappa shape index (κ1) is 36.1. The second-order valence-corrected chi connectivity index (χ2v) is 8.67. The maximum atomic E-state index is 11.5. The fourth-order valence-corrected chi connectivity index (χ4v) is 3.28. The number of hydrogen-bond acceptors (Lipinski definition) is 19. The Hall–Kier alpha value is -2.97. The van der Waals surface area contributed by atoms with Crippen molar-refractivity contribution < 1.29 is 73.2 Å². The molecule has 4 heterocycles. The quantitative estimate of drug-likeness (QED) is 0.0497. The molecule has 0 spiro atoms. The van der Waals surface area contributed by atoms with E-state index in [9.17, 15) is 19.8 Å². The van der Waals surface area contributed by atoms with E-state index in [2.05, 4.69) is 24.6 Å². The predicted molar refractivity (Wildman–Crippen MR) is 123 cm³/mol. The molecule has 2 aromatic heterocycles. The van der Waals surface area contributed by atoms with Crippen LogP contribution in [0.15, 0.2) is 22.2 Å². The van der Waals surface area contributed by atoms with Gasteiger partial charge in [-0.1, -0.05) is 9.97 Å². The summed E-state index contributed by atoms with van der Waals surface area (Å²) in [4.78, 5) is 43.9. The van der Waals surface area contributed by atoms with Gasteiger partial charge in [0, 0.05) is 14.3 Å². The lowest BCUT2D eigenvalue weighted by atomic mass is 10.2. The van der Waals surface area contributed by atoms with Crippen LogP contribution in [0.3, 0.4) is 0 Å². The molecular weight excluding hydrogens is 607 g/mol. The molecule has 0 saturated carbocycles. The van der Waals surface area contributed by atoms with Crippen molar-refractivity contribution in [3.63, 3.8) is 0 Å². The van der Waals surface area contributed by atoms with E-state index in [1.165, 1.54) is 21.8 Å². The molecule has 2 aliphatic rings. The van der Waals surface area contributed by atoms with E-state index in [0.29, 0.717) is 0 Å². The Balaban J connectivity index is 0.000000613. The molecule has 0 bridgehead atoms. The number of nitrogens with one attached hydrogen (secondary N) is 2. The number of hydrogen-bond donors (Lipinski definition) is 8. The number of nitrogens with two attached hydrogens (primary N) is 2. The van der Waals surface area contributed by atoms with Crippen LogP contribution in [0.25, 0.3) is 0 Å². The van der Waals surface area contributed by atoms with E-state index in [1.807, 2.05) is 0 Å². The lowest BCUT2D eigenvalue weighted by Gasteiger charge is -2.09. The van der Waals surface area contributed by atoms with E-state index in [0.717, 1.165) is 0 Å². The van der Waals surface area contributed by atoms with Gasteiger partial charge in [0.05, 0.1) is 25.4 Å². The van der Waals surface area contributed by atoms with E-state index in [4.69, 9.17) is 59.2 Å². The van der Waals surface area contributed by atoms with E-state index < -0.39 is 67.9 Å². The molecule has 2 saturated heterocycles. The normalized spacial score (nSPS) is 25.2. The standard InChI is InChI=1S/2C8H12N4O4.HO4P.H2O3S.H2/c2*9-7-10-3-12(8(15)11-7)6-1-4(14)5(2-13)16-6;1-4-5(2)3;1-4(2)3;/h2*3-6,13-14H,1-2H2,(H2,9,11,15);1H;(H2,1,2,3);1H/p-1/t2*4?,5-,6-;;;/m11.../s1. The number of anilines is 2. The molecule has 4 rings (SSSR count). The first-order valence-electron chi connectivity index (χ1n) is 10.9. The van der Waals surface area contributed by atoms with Gasteiger partial charge in [0.2, 0.25) is 12.7 Å². The van der Waals surface area contributed by atoms with Crippen LogP contribution in [-0.4, -0.2) is 91.3 Å². The Morgan fingerprint density at radius 1 is 1.00 bits per heavy atom. The van der Waals surface area contributed by atoms with Crippen LogP contribution in [0.2, 0.25) is 0 Å². The van der Waals surface area contributed by atoms with Gasteiger partial charge in [-0.05, 0) is 4.57 Å². The van der Waals surface area contributed by atoms with E-state index >= 15 is 0 Å². The molecule has 2 fully saturated rings. The number of aliphatic hydroxyl groups is 4. The van der Waals surface area contributed by atoms with Crippen molar-refractivity contribution >= 4 is 31.5 Å². The van der Waals surface area contributed by atoms with Gasteiger partial charge in [0.1, 0.15) is 12.2 Å². The van der Waals surface area contributed by atoms with Gasteiger partial charge in [0.15, 0.2) is 12.5 Å². The Morgan fingerprint density at radius 2 is 1.32 bits per heavy atom. The predicted octanol–water partition coefficient (Wildman–Crippen LogP) is -7.90. The molecule has 10 N–H and O–H groups in total. The van der Waals surface area contributed by atoms with Crippen LogP contribution < -0.4 is 42.1 Å². The molecule has 0 radical (unpaired) electrons. The number of nitrogen functional groups attached to an aromatic ring is 2. The molecule has 0 aromatic carbocycles. The molecule has 2 aliphatic heterocycles. The Morgan fingerprint density at radius 3 is 1.54 bits per heavy atom. The maximum Gasteiger partial charge on any atom is 0.479 e. The molecule has 7 atom stereocenters. The molecule has 0 aliphatic carbocycles. The number of aromatic nitrogens is 6. The van der Waals surface area contributed by atoms with Gasteiger partial charge in [-0.3, -0.25) is 4.21 Å². The Kier molecular flexibility index (Phi) is 15.6. The summed E-state index contributed by atoms with van der Waals surface area (Å²) in [5.41, 5.74) is 9.66. The van der Waals surface area contributed by atoms with Crippen molar-refractivity contribution in [3.8, 4) is 0 Å². The third kappa shape index (κ3) is 12.2. The summed E-state index contributed by atoms with van der Waals surface area (Å²) in [6.07, 6.45) is -1.26. The van der Waals surface area contributed by atoms with Gasteiger partial charge in [-0.15, -0.1) is 11.4 Å². The second kappa shape index (κ2) is 17.8. The monoisotopic (exact) mass is 635 g/mol. The highest BCUT2D eigenvalue weighted by molar-refractivity contribution is 7.72. The molecule has 25 heteroatoms. The van der Waals surface area contributed by atoms with Crippen molar-refractivity contribution in [1.29, 1.82) is 0 Å². The lowest BCUT2D eigenvalue weighted by Crippen LogP contribution is -2.55. The van der Waals surface area contributed by atoms with Crippen molar-refractivity contribution in [1.82, 2.24) is 19.9 Å². The van der Waals surface area contributed by atoms with Crippen LogP contribution >= 0.6 is 8.25 Å². The summed E-state index contributed by atoms with van der Waals surface area (Å²) in [6.45, 7) is -0.586. The van der Waals surface area contributed by atoms with Crippen molar-refractivity contribution in [2.75, 3.05) is 24.7 Å². The number of nitrogens with zero attached hydrogens (tertiary/aromatic N) is 4. The first-order valence-corrected chi connectivity index (χ1v) is 12.9. The van der Waals surface area contributed by atoms with Gasteiger partial charge >= 0.3 is 31.5 Å². The van der Waals surface area contributed by atoms with Crippen LogP contribution in [0.4, 0.5) is 11.9 Å². The Labute approximate surface area is 233 Å². The van der Waals surface area contributed by atoms with Crippen LogP contribution in [0, 0.1) is 0 Å². The van der Waals surface area contributed by atoms with Crippen LogP contribution in [0.5, 0.6) is 0 Å². The molecular formula is C16H28N8O15PS-. The summed E-state index contributed by atoms with van der Waals surface area (Å²) < 4.78 is 49.6. The van der Waals surface area contributed by atoms with Gasteiger partial charge in [0.25, 0.3) is 0 Å². The first-order chi connectivity index (χ1) is 19.2. The number of aromatic amines is 2. The summed E-state index contributed by atoms with van der Waals surface area (Å²) in [6, 6.07) is 0. The van der Waals surface area contributed by atoms with Crippen molar-refractivity contribution in [2.45, 2.75) is 49.7 Å². The minimum atomic E-state index is -3.15. The second-order valence-electron chi connectivity index (χ2n) is 7.67. The summed E-state index contributed by atoms with van der Waals surface area (Å²) in [5.74, 6) is 0.0250. The Bertz CT molecular complexity index is 1180. The number of H-pyrrole nitrogens is 2. The zero-order valence-electron chi connectivity index (χ0n) is 20.5. The average Bonchev–Trinajstić information content (AvgIpc) is 3.45. The van der Waals surface area contributed by atoms with Gasteiger partial charge < -0.3 is 60.6 Å². The largest absolute Gasteiger partial charge is 0.784 e. The zero-order chi connectivity index (χ0) is 31.3. The fourth-order valence-electron chi connectivity index (χ4n) is 3.28. The van der Waals surface area contributed by atoms with Gasteiger partial charge in [-0.25, -0.2) is 14.3 Å². The highest BCUT2D eigenvalue weighted by Gasteiger charge is 2.38. The third-order valence-corrected chi connectivity index (χ3v) is 5.15. The summed E-state index contributed by atoms with van der Waals surface area (Å²) >= 11 is -3.11. The summed E-state index contributed by atoms with van der Waals surface area (Å²) in [5, 5.41) is 45.4. The zero-order valence-corrected chi connectivity index (χ0v) is 22.2. The number of rotatable bonds is 5. The molecule has 2 aromatic rings. The fraction of sp³-hybridized carbons (Fsp3) is 0.625. The smallest absolute Gasteiger partial charge is 0.479 e. The van der Waals surface area contributed by atoms with Crippen molar-refractivity contribution in [2.24, 2.45) is 0 Å². The molecule has 3 unspecified atom stereocenters. The average molecular weight is 635 g/mol. The molecule has 0 amide bonds.